The molecule has 0 atom stereocenters. The van der Waals surface area contributed by atoms with Crippen LogP contribution in [0.15, 0.2) is 60.7 Å². The number of rotatable bonds is 3. The van der Waals surface area contributed by atoms with Crippen molar-refractivity contribution in [3.8, 4) is 16.9 Å². The predicted molar refractivity (Wildman–Crippen MR) is 117 cm³/mol. The highest BCUT2D eigenvalue weighted by Crippen LogP contribution is 2.31. The number of nitrogen functional groups attached to an aromatic ring is 1. The maximum Gasteiger partial charge on any atom is 0.270 e. The van der Waals surface area contributed by atoms with E-state index in [4.69, 9.17) is 10.5 Å². The van der Waals surface area contributed by atoms with Crippen molar-refractivity contribution in [3.05, 3.63) is 82.9 Å². The number of ether oxygens (including phenoxy) is 1. The summed E-state index contributed by atoms with van der Waals surface area (Å²) in [4.78, 5) is 14.7. The largest absolute Gasteiger partial charge is 0.491 e. The molecule has 6 heteroatoms. The lowest BCUT2D eigenvalue weighted by molar-refractivity contribution is 0.0174. The summed E-state index contributed by atoms with van der Waals surface area (Å²) in [6, 6.07) is 17.3. The zero-order valence-corrected chi connectivity index (χ0v) is 17.5. The van der Waals surface area contributed by atoms with Gasteiger partial charge >= 0.3 is 0 Å². The molecule has 0 bridgehead atoms. The molecule has 0 fully saturated rings. The molecular weight excluding hydrogens is 398 g/mol. The second-order valence-corrected chi connectivity index (χ2v) is 7.93. The van der Waals surface area contributed by atoms with Crippen molar-refractivity contribution in [2.45, 2.75) is 26.3 Å². The Bertz CT molecular complexity index is 1120. The van der Waals surface area contributed by atoms with Gasteiger partial charge in [-0.3, -0.25) is 4.79 Å². The van der Waals surface area contributed by atoms with Crippen molar-refractivity contribution in [1.82, 2.24) is 4.90 Å². The third kappa shape index (κ3) is 4.38. The highest BCUT2D eigenvalue weighted by atomic mass is 19.3. The first kappa shape index (κ1) is 20.8. The number of benzene rings is 3. The molecule has 4 nitrogen and oxygen atoms in total. The maximum absolute atomic E-state index is 13.5. The fourth-order valence-electron chi connectivity index (χ4n) is 3.66. The number of carbonyl (C=O) groups excluding carboxylic acids is 1. The van der Waals surface area contributed by atoms with Gasteiger partial charge in [0.2, 0.25) is 0 Å². The molecule has 0 unspecified atom stereocenters. The summed E-state index contributed by atoms with van der Waals surface area (Å²) in [5.41, 5.74) is 10.9. The molecule has 1 aliphatic rings. The molecule has 0 saturated heterocycles. The summed E-state index contributed by atoms with van der Waals surface area (Å²) in [5, 5.41) is 0. The SMILES string of the molecule is Cc1ccc(-c2ccc3c(c2)CN(C(=O)c2ccc(C(C)(F)F)cc2)CCO3)cc1N. The Morgan fingerprint density at radius 3 is 2.39 bits per heavy atom. The van der Waals surface area contributed by atoms with Crippen LogP contribution in [0.25, 0.3) is 11.1 Å². The Balaban J connectivity index is 1.60. The fraction of sp³-hybridized carbons (Fsp3) is 0.240. The molecule has 160 valence electrons. The molecule has 1 amide bonds. The second-order valence-electron chi connectivity index (χ2n) is 7.93. The number of hydrogen-bond donors (Lipinski definition) is 1. The van der Waals surface area contributed by atoms with Gasteiger partial charge in [0.25, 0.3) is 11.8 Å². The van der Waals surface area contributed by atoms with E-state index in [2.05, 4.69) is 0 Å². The number of halogens is 2. The van der Waals surface area contributed by atoms with Gasteiger partial charge in [-0.1, -0.05) is 30.3 Å². The van der Waals surface area contributed by atoms with E-state index in [0.29, 0.717) is 25.3 Å². The van der Waals surface area contributed by atoms with Gasteiger partial charge < -0.3 is 15.4 Å². The molecule has 3 aromatic carbocycles. The summed E-state index contributed by atoms with van der Waals surface area (Å²) in [6.45, 7) is 3.94. The van der Waals surface area contributed by atoms with Crippen LogP contribution in [0.2, 0.25) is 0 Å². The van der Waals surface area contributed by atoms with Crippen molar-refractivity contribution in [1.29, 1.82) is 0 Å². The van der Waals surface area contributed by atoms with Crippen molar-refractivity contribution in [2.75, 3.05) is 18.9 Å². The first-order valence-electron chi connectivity index (χ1n) is 10.1. The average molecular weight is 422 g/mol. The van der Waals surface area contributed by atoms with Gasteiger partial charge in [-0.15, -0.1) is 0 Å². The van der Waals surface area contributed by atoms with Crippen molar-refractivity contribution in [3.63, 3.8) is 0 Å². The average Bonchev–Trinajstić information content (AvgIpc) is 2.96. The van der Waals surface area contributed by atoms with Crippen molar-refractivity contribution < 1.29 is 18.3 Å². The Morgan fingerprint density at radius 2 is 1.71 bits per heavy atom. The first-order chi connectivity index (χ1) is 14.7. The summed E-state index contributed by atoms with van der Waals surface area (Å²) < 4.78 is 32.8. The molecular formula is C25H24F2N2O2. The second kappa shape index (κ2) is 8.02. The number of anilines is 1. The Kier molecular flexibility index (Phi) is 5.39. The van der Waals surface area contributed by atoms with Crippen LogP contribution < -0.4 is 10.5 Å². The van der Waals surface area contributed by atoms with Crippen LogP contribution in [0.3, 0.4) is 0 Å². The molecule has 1 heterocycles. The molecule has 2 N–H and O–H groups in total. The van der Waals surface area contributed by atoms with Gasteiger partial charge in [0.15, 0.2) is 0 Å². The number of aryl methyl sites for hydroxylation is 1. The fourth-order valence-corrected chi connectivity index (χ4v) is 3.66. The predicted octanol–water partition coefficient (Wildman–Crippen LogP) is 5.39. The van der Waals surface area contributed by atoms with E-state index in [9.17, 15) is 13.6 Å². The van der Waals surface area contributed by atoms with Gasteiger partial charge in [0.05, 0.1) is 6.54 Å². The van der Waals surface area contributed by atoms with E-state index in [-0.39, 0.29) is 11.5 Å². The van der Waals surface area contributed by atoms with Crippen LogP contribution in [0.5, 0.6) is 5.75 Å². The molecule has 0 radical (unpaired) electrons. The molecule has 31 heavy (non-hydrogen) atoms. The highest BCUT2D eigenvalue weighted by Gasteiger charge is 2.26. The minimum absolute atomic E-state index is 0.115. The minimum atomic E-state index is -2.94. The summed E-state index contributed by atoms with van der Waals surface area (Å²) in [7, 11) is 0. The van der Waals surface area contributed by atoms with Crippen LogP contribution in [0.1, 0.15) is 34.0 Å². The first-order valence-corrected chi connectivity index (χ1v) is 10.1. The molecule has 0 aliphatic carbocycles. The molecule has 0 saturated carbocycles. The highest BCUT2D eigenvalue weighted by molar-refractivity contribution is 5.94. The Labute approximate surface area is 180 Å². The van der Waals surface area contributed by atoms with E-state index in [1.54, 1.807) is 4.90 Å². The number of carbonyl (C=O) groups is 1. The maximum atomic E-state index is 13.5. The number of hydrogen-bond acceptors (Lipinski definition) is 3. The topological polar surface area (TPSA) is 55.6 Å². The molecule has 4 rings (SSSR count). The zero-order valence-electron chi connectivity index (χ0n) is 17.5. The Morgan fingerprint density at radius 1 is 1.03 bits per heavy atom. The van der Waals surface area contributed by atoms with Crippen molar-refractivity contribution in [2.24, 2.45) is 0 Å². The van der Waals surface area contributed by atoms with Crippen molar-refractivity contribution >= 4 is 11.6 Å². The number of amides is 1. The van der Waals surface area contributed by atoms with Crippen LogP contribution in [-0.2, 0) is 12.5 Å². The van der Waals surface area contributed by atoms with E-state index < -0.39 is 5.92 Å². The lowest BCUT2D eigenvalue weighted by atomic mass is 10.00. The quantitative estimate of drug-likeness (QED) is 0.576. The third-order valence-electron chi connectivity index (χ3n) is 5.58. The smallest absolute Gasteiger partial charge is 0.270 e. The van der Waals surface area contributed by atoms with E-state index in [1.165, 1.54) is 24.3 Å². The Hall–Kier alpha value is -3.41. The number of nitrogens with two attached hydrogens (primary N) is 1. The minimum Gasteiger partial charge on any atom is -0.491 e. The van der Waals surface area contributed by atoms with Crippen LogP contribution >= 0.6 is 0 Å². The standard InChI is InChI=1S/C25H24F2N2O2/c1-16-3-4-19(14-22(16)28)18-7-10-23-20(13-18)15-29(11-12-31-23)24(30)17-5-8-21(9-6-17)25(2,26)27/h3-10,13-14H,11-12,15,28H2,1-2H3. The van der Waals surface area contributed by atoms with Gasteiger partial charge in [-0.25, -0.2) is 8.78 Å². The monoisotopic (exact) mass is 422 g/mol. The zero-order chi connectivity index (χ0) is 22.2. The third-order valence-corrected chi connectivity index (χ3v) is 5.58. The lowest BCUT2D eigenvalue weighted by Gasteiger charge is -2.20. The van der Waals surface area contributed by atoms with E-state index in [1.807, 2.05) is 43.3 Å². The van der Waals surface area contributed by atoms with Gasteiger partial charge in [-0.2, -0.15) is 0 Å². The van der Waals surface area contributed by atoms with E-state index >= 15 is 0 Å². The molecule has 3 aromatic rings. The van der Waals surface area contributed by atoms with Gasteiger partial charge in [-0.05, 0) is 53.9 Å². The number of alkyl halides is 2. The van der Waals surface area contributed by atoms with Gasteiger partial charge in [0.1, 0.15) is 12.4 Å². The summed E-state index contributed by atoms with van der Waals surface area (Å²) in [5.74, 6) is -2.42. The van der Waals surface area contributed by atoms with Gasteiger partial charge in [0, 0.05) is 35.8 Å². The normalized spacial score (nSPS) is 13.9. The molecule has 0 aromatic heterocycles. The number of fused-ring (bicyclic) bond motifs is 1. The van der Waals surface area contributed by atoms with E-state index in [0.717, 1.165) is 40.6 Å². The van der Waals surface area contributed by atoms with Crippen LogP contribution in [0, 0.1) is 6.92 Å². The van der Waals surface area contributed by atoms with Crippen LogP contribution in [-0.4, -0.2) is 24.0 Å². The molecule has 0 spiro atoms. The molecule has 1 aliphatic heterocycles. The lowest BCUT2D eigenvalue weighted by Crippen LogP contribution is -2.32. The number of nitrogens with zero attached hydrogens (tertiary/aromatic N) is 1. The summed E-state index contributed by atoms with van der Waals surface area (Å²) in [6.07, 6.45) is 0. The van der Waals surface area contributed by atoms with Crippen LogP contribution in [0.4, 0.5) is 14.5 Å². The summed E-state index contributed by atoms with van der Waals surface area (Å²) >= 11 is 0.